The highest BCUT2D eigenvalue weighted by atomic mass is 79.9. The van der Waals surface area contributed by atoms with E-state index in [1.54, 1.807) is 30.3 Å². The zero-order chi connectivity index (χ0) is 18.4. The monoisotopic (exact) mass is 403 g/mol. The normalized spacial score (nSPS) is 10.9. The molecule has 25 heavy (non-hydrogen) atoms. The number of hydrogen-bond acceptors (Lipinski definition) is 4. The highest BCUT2D eigenvalue weighted by Crippen LogP contribution is 2.18. The molecule has 128 valence electrons. The summed E-state index contributed by atoms with van der Waals surface area (Å²) in [4.78, 5) is 34.8. The maximum atomic E-state index is 12.4. The van der Waals surface area contributed by atoms with Crippen LogP contribution in [0.3, 0.4) is 0 Å². The van der Waals surface area contributed by atoms with Crippen LogP contribution in [0.5, 0.6) is 0 Å². The second-order valence-electron chi connectivity index (χ2n) is 4.92. The molecule has 0 spiro atoms. The van der Waals surface area contributed by atoms with Gasteiger partial charge < -0.3 is 10.6 Å². The number of nitrogens with zero attached hydrogens (tertiary/aromatic N) is 1. The van der Waals surface area contributed by atoms with Crippen molar-refractivity contribution < 1.29 is 14.5 Å². The number of likely N-dealkylation sites (N-methyl/N-ethyl adjacent to an activating group) is 1. The minimum absolute atomic E-state index is 0.0243. The molecular formula is C17H14BrN3O4. The molecule has 7 nitrogen and oxygen atoms in total. The zero-order valence-corrected chi connectivity index (χ0v) is 14.7. The van der Waals surface area contributed by atoms with E-state index in [2.05, 4.69) is 26.6 Å². The number of non-ortho nitro benzene ring substituents is 1. The molecule has 0 fully saturated rings. The number of nitrogens with one attached hydrogen (secondary N) is 2. The van der Waals surface area contributed by atoms with Crippen LogP contribution in [-0.2, 0) is 4.79 Å². The summed E-state index contributed by atoms with van der Waals surface area (Å²) in [5, 5.41) is 15.8. The summed E-state index contributed by atoms with van der Waals surface area (Å²) in [5.74, 6) is -1.00. The summed E-state index contributed by atoms with van der Waals surface area (Å²) in [6, 6.07) is 12.5. The molecular weight excluding hydrogens is 390 g/mol. The predicted molar refractivity (Wildman–Crippen MR) is 96.7 cm³/mol. The quantitative estimate of drug-likeness (QED) is 0.455. The van der Waals surface area contributed by atoms with Crippen molar-refractivity contribution in [1.29, 1.82) is 0 Å². The molecule has 2 rings (SSSR count). The smallest absolute Gasteiger partial charge is 0.270 e. The lowest BCUT2D eigenvalue weighted by molar-refractivity contribution is -0.384. The van der Waals surface area contributed by atoms with Crippen molar-refractivity contribution in [3.05, 3.63) is 79.9 Å². The van der Waals surface area contributed by atoms with Crippen molar-refractivity contribution in [3.63, 3.8) is 0 Å². The molecule has 0 aliphatic carbocycles. The maximum Gasteiger partial charge on any atom is 0.270 e. The van der Waals surface area contributed by atoms with Crippen molar-refractivity contribution in [2.24, 2.45) is 0 Å². The van der Waals surface area contributed by atoms with Gasteiger partial charge in [0.25, 0.3) is 17.5 Å². The molecule has 2 amide bonds. The number of nitro benzene ring substituents is 1. The number of rotatable bonds is 5. The number of hydrogen-bond donors (Lipinski definition) is 2. The average Bonchev–Trinajstić information content (AvgIpc) is 2.61. The lowest BCUT2D eigenvalue weighted by Gasteiger charge is -2.10. The summed E-state index contributed by atoms with van der Waals surface area (Å²) < 4.78 is 0.583. The second-order valence-corrected chi connectivity index (χ2v) is 5.78. The molecule has 0 bridgehead atoms. The summed E-state index contributed by atoms with van der Waals surface area (Å²) in [7, 11) is 1.42. The van der Waals surface area contributed by atoms with Crippen molar-refractivity contribution in [2.75, 3.05) is 7.05 Å². The fourth-order valence-electron chi connectivity index (χ4n) is 2.02. The predicted octanol–water partition coefficient (Wildman–Crippen LogP) is 2.87. The van der Waals surface area contributed by atoms with Crippen molar-refractivity contribution in [2.45, 2.75) is 0 Å². The summed E-state index contributed by atoms with van der Waals surface area (Å²) in [6.45, 7) is 0. The van der Waals surface area contributed by atoms with Gasteiger partial charge in [-0.25, -0.2) is 0 Å². The molecule has 0 atom stereocenters. The van der Waals surface area contributed by atoms with Crippen LogP contribution in [-0.4, -0.2) is 23.8 Å². The van der Waals surface area contributed by atoms with Crippen LogP contribution in [0.2, 0.25) is 0 Å². The van der Waals surface area contributed by atoms with E-state index in [0.29, 0.717) is 15.6 Å². The minimum Gasteiger partial charge on any atom is -0.354 e. The van der Waals surface area contributed by atoms with E-state index in [-0.39, 0.29) is 11.4 Å². The third-order valence-electron chi connectivity index (χ3n) is 3.23. The zero-order valence-electron chi connectivity index (χ0n) is 13.2. The number of carbonyl (C=O) groups excluding carboxylic acids is 2. The van der Waals surface area contributed by atoms with Crippen LogP contribution in [0.15, 0.2) is 58.7 Å². The first kappa shape index (κ1) is 18.3. The SMILES string of the molecule is CNC(=O)C(=Cc1cccc([N+](=O)[O-])c1)NC(=O)c1ccccc1Br. The Kier molecular flexibility index (Phi) is 6.02. The summed E-state index contributed by atoms with van der Waals surface area (Å²) in [5.41, 5.74) is 0.641. The van der Waals surface area contributed by atoms with Gasteiger partial charge in [0.1, 0.15) is 5.70 Å². The Bertz CT molecular complexity index is 864. The summed E-state index contributed by atoms with van der Waals surface area (Å²) >= 11 is 3.28. The molecule has 2 aromatic carbocycles. The molecule has 0 radical (unpaired) electrons. The molecule has 0 saturated heterocycles. The number of halogens is 1. The Morgan fingerprint density at radius 1 is 1.16 bits per heavy atom. The molecule has 8 heteroatoms. The van der Waals surface area contributed by atoms with Gasteiger partial charge in [-0.3, -0.25) is 19.7 Å². The Morgan fingerprint density at radius 2 is 1.88 bits per heavy atom. The van der Waals surface area contributed by atoms with Gasteiger partial charge in [-0.05, 0) is 39.7 Å². The van der Waals surface area contributed by atoms with Gasteiger partial charge in [0.05, 0.1) is 10.5 Å². The van der Waals surface area contributed by atoms with Crippen molar-refractivity contribution in [1.82, 2.24) is 10.6 Å². The van der Waals surface area contributed by atoms with Gasteiger partial charge in [-0.15, -0.1) is 0 Å². The van der Waals surface area contributed by atoms with Crippen LogP contribution in [0.1, 0.15) is 15.9 Å². The van der Waals surface area contributed by atoms with Crippen LogP contribution < -0.4 is 10.6 Å². The highest BCUT2D eigenvalue weighted by molar-refractivity contribution is 9.10. The van der Waals surface area contributed by atoms with E-state index in [9.17, 15) is 19.7 Å². The Hall–Kier alpha value is -3.00. The molecule has 0 aromatic heterocycles. The van der Waals surface area contributed by atoms with Crippen LogP contribution >= 0.6 is 15.9 Å². The first-order chi connectivity index (χ1) is 11.9. The van der Waals surface area contributed by atoms with Gasteiger partial charge >= 0.3 is 0 Å². The van der Waals surface area contributed by atoms with Crippen LogP contribution in [0.4, 0.5) is 5.69 Å². The molecule has 0 unspecified atom stereocenters. The largest absolute Gasteiger partial charge is 0.354 e. The topological polar surface area (TPSA) is 101 Å². The minimum atomic E-state index is -0.531. The van der Waals surface area contributed by atoms with Crippen LogP contribution in [0, 0.1) is 10.1 Å². The molecule has 0 aliphatic heterocycles. The third kappa shape index (κ3) is 4.74. The van der Waals surface area contributed by atoms with Gasteiger partial charge in [0.2, 0.25) is 0 Å². The highest BCUT2D eigenvalue weighted by Gasteiger charge is 2.15. The lowest BCUT2D eigenvalue weighted by Crippen LogP contribution is -2.33. The molecule has 0 saturated carbocycles. The Balaban J connectivity index is 2.35. The molecule has 2 N–H and O–H groups in total. The fourth-order valence-corrected chi connectivity index (χ4v) is 2.49. The van der Waals surface area contributed by atoms with E-state index < -0.39 is 16.7 Å². The number of carbonyl (C=O) groups is 2. The fraction of sp³-hybridized carbons (Fsp3) is 0.0588. The lowest BCUT2D eigenvalue weighted by atomic mass is 10.1. The van der Waals surface area contributed by atoms with Gasteiger partial charge in [-0.2, -0.15) is 0 Å². The van der Waals surface area contributed by atoms with E-state index in [0.717, 1.165) is 0 Å². The van der Waals surface area contributed by atoms with Crippen molar-refractivity contribution in [3.8, 4) is 0 Å². The van der Waals surface area contributed by atoms with Crippen LogP contribution in [0.25, 0.3) is 6.08 Å². The van der Waals surface area contributed by atoms with E-state index in [1.165, 1.54) is 31.3 Å². The van der Waals surface area contributed by atoms with Gasteiger partial charge in [0, 0.05) is 23.7 Å². The average molecular weight is 404 g/mol. The van der Waals surface area contributed by atoms with Crippen molar-refractivity contribution >= 4 is 39.5 Å². The molecule has 0 aliphatic rings. The Morgan fingerprint density at radius 3 is 2.52 bits per heavy atom. The van der Waals surface area contributed by atoms with E-state index in [1.807, 2.05) is 0 Å². The Labute approximate surface area is 152 Å². The molecule has 2 aromatic rings. The number of benzene rings is 2. The third-order valence-corrected chi connectivity index (χ3v) is 3.92. The first-order valence-corrected chi connectivity index (χ1v) is 7.96. The van der Waals surface area contributed by atoms with E-state index in [4.69, 9.17) is 0 Å². The first-order valence-electron chi connectivity index (χ1n) is 7.16. The van der Waals surface area contributed by atoms with E-state index >= 15 is 0 Å². The molecule has 0 heterocycles. The summed E-state index contributed by atoms with van der Waals surface area (Å²) in [6.07, 6.45) is 1.38. The maximum absolute atomic E-state index is 12.4. The second kappa shape index (κ2) is 8.20. The van der Waals surface area contributed by atoms with Gasteiger partial charge in [0.15, 0.2) is 0 Å². The van der Waals surface area contributed by atoms with Gasteiger partial charge in [-0.1, -0.05) is 24.3 Å². The number of nitro groups is 1. The number of amides is 2. The standard InChI is InChI=1S/C17H14BrN3O4/c1-19-17(23)15(10-11-5-4-6-12(9-11)21(24)25)20-16(22)13-7-2-3-8-14(13)18/h2-10H,1H3,(H,19,23)(H,20,22).